The van der Waals surface area contributed by atoms with Crippen LogP contribution in [0.2, 0.25) is 0 Å². The molecule has 2 aliphatic rings. The zero-order valence-corrected chi connectivity index (χ0v) is 16.3. The minimum Gasteiger partial charge on any atom is -0.496 e. The molecule has 9 heteroatoms. The number of rotatable bonds is 5. The lowest BCUT2D eigenvalue weighted by atomic mass is 9.92. The fraction of sp³-hybridized carbons (Fsp3) is 0.529. The highest BCUT2D eigenvalue weighted by Crippen LogP contribution is 2.40. The molecule has 1 aromatic carbocycles. The minimum absolute atomic E-state index is 0.00279. The molecule has 2 saturated heterocycles. The van der Waals surface area contributed by atoms with Gasteiger partial charge in [-0.2, -0.15) is 0 Å². The van der Waals surface area contributed by atoms with Gasteiger partial charge in [-0.15, -0.1) is 0 Å². The van der Waals surface area contributed by atoms with E-state index in [0.717, 1.165) is 16.9 Å². The highest BCUT2D eigenvalue weighted by Gasteiger charge is 2.37. The Labute approximate surface area is 166 Å². The fourth-order valence-electron chi connectivity index (χ4n) is 3.09. The van der Waals surface area contributed by atoms with E-state index in [1.54, 1.807) is 7.11 Å². The number of ether oxygens (including phenoxy) is 3. The number of methoxy groups -OCH3 is 1. The summed E-state index contributed by atoms with van der Waals surface area (Å²) in [4.78, 5) is 25.7. The van der Waals surface area contributed by atoms with Crippen LogP contribution in [-0.2, 0) is 20.7 Å². The van der Waals surface area contributed by atoms with Crippen molar-refractivity contribution in [3.8, 4) is 5.75 Å². The van der Waals surface area contributed by atoms with Crippen molar-refractivity contribution in [1.82, 2.24) is 4.90 Å². The Morgan fingerprint density at radius 1 is 1.38 bits per heavy atom. The van der Waals surface area contributed by atoms with Crippen molar-refractivity contribution < 1.29 is 23.8 Å². The summed E-state index contributed by atoms with van der Waals surface area (Å²) in [5.41, 5.74) is 1.96. The second-order valence-electron chi connectivity index (χ2n) is 6.27. The molecule has 0 spiro atoms. The second kappa shape index (κ2) is 7.80. The normalized spacial score (nSPS) is 22.5. The number of nitrogens with zero attached hydrogens (tertiary/aromatic N) is 1. The Balaban J connectivity index is 1.66. The first-order valence-corrected chi connectivity index (χ1v) is 9.20. The van der Waals surface area contributed by atoms with Crippen LogP contribution in [-0.4, -0.2) is 54.0 Å². The molecule has 1 aromatic rings. The maximum absolute atomic E-state index is 12.4. The Morgan fingerprint density at radius 2 is 2.12 bits per heavy atom. The molecular weight excluding hydrogens is 405 g/mol. The van der Waals surface area contributed by atoms with E-state index in [1.807, 2.05) is 18.2 Å². The summed E-state index contributed by atoms with van der Waals surface area (Å²) in [5, 5.41) is 0. The third-order valence-corrected chi connectivity index (χ3v) is 4.69. The molecule has 0 aromatic heterocycles. The molecule has 0 saturated carbocycles. The molecule has 142 valence electrons. The van der Waals surface area contributed by atoms with Crippen LogP contribution >= 0.6 is 34.8 Å². The number of halogens is 3. The molecule has 6 nitrogen and oxygen atoms in total. The maximum atomic E-state index is 12.4. The first-order chi connectivity index (χ1) is 12.3. The third-order valence-electron chi connectivity index (χ3n) is 4.36. The van der Waals surface area contributed by atoms with Crippen LogP contribution in [0.15, 0.2) is 18.2 Å². The van der Waals surface area contributed by atoms with E-state index >= 15 is 0 Å². The highest BCUT2D eigenvalue weighted by molar-refractivity contribution is 6.67. The molecule has 0 unspecified atom stereocenters. The fourth-order valence-corrected chi connectivity index (χ4v) is 3.26. The number of amides is 1. The van der Waals surface area contributed by atoms with Crippen LogP contribution in [0.4, 0.5) is 4.79 Å². The van der Waals surface area contributed by atoms with Crippen molar-refractivity contribution in [3.05, 3.63) is 29.3 Å². The van der Waals surface area contributed by atoms with Crippen molar-refractivity contribution in [2.75, 3.05) is 33.4 Å². The van der Waals surface area contributed by atoms with E-state index in [1.165, 1.54) is 4.90 Å². The number of carbonyl (C=O) groups is 2. The number of ketones is 1. The van der Waals surface area contributed by atoms with Crippen LogP contribution < -0.4 is 4.74 Å². The van der Waals surface area contributed by atoms with Gasteiger partial charge in [0.25, 0.3) is 0 Å². The largest absolute Gasteiger partial charge is 0.496 e. The Bertz CT molecular complexity index is 702. The number of hydrogen-bond acceptors (Lipinski definition) is 5. The molecule has 1 amide bonds. The lowest BCUT2D eigenvalue weighted by molar-refractivity contribution is -0.119. The first kappa shape index (κ1) is 19.5. The number of benzene rings is 1. The summed E-state index contributed by atoms with van der Waals surface area (Å²) in [6.45, 7) is 0.522. The number of hydrogen-bond donors (Lipinski definition) is 0. The van der Waals surface area contributed by atoms with Gasteiger partial charge in [-0.1, -0.05) is 46.9 Å². The summed E-state index contributed by atoms with van der Waals surface area (Å²) >= 11 is 16.7. The predicted octanol–water partition coefficient (Wildman–Crippen LogP) is 3.32. The van der Waals surface area contributed by atoms with E-state index in [2.05, 4.69) is 0 Å². The van der Waals surface area contributed by atoms with Crippen LogP contribution in [0.3, 0.4) is 0 Å². The van der Waals surface area contributed by atoms with Gasteiger partial charge in [-0.05, 0) is 18.1 Å². The van der Waals surface area contributed by atoms with E-state index < -0.39 is 9.89 Å². The SMILES string of the molecule is COc1cccc(C[C@@H]2CN(C(=O)OCC(Cl)(Cl)Cl)CC2=O)c1[C@@H]1CO1. The van der Waals surface area contributed by atoms with Crippen LogP contribution in [0.25, 0.3) is 0 Å². The molecule has 2 aliphatic heterocycles. The maximum Gasteiger partial charge on any atom is 0.410 e. The summed E-state index contributed by atoms with van der Waals surface area (Å²) in [6.07, 6.45) is -0.161. The number of likely N-dealkylation sites (tertiary alicyclic amines) is 1. The molecule has 26 heavy (non-hydrogen) atoms. The van der Waals surface area contributed by atoms with Gasteiger partial charge in [-0.3, -0.25) is 4.79 Å². The zero-order chi connectivity index (χ0) is 18.9. The summed E-state index contributed by atoms with van der Waals surface area (Å²) in [7, 11) is 1.61. The molecule has 2 fully saturated rings. The Hall–Kier alpha value is -1.21. The summed E-state index contributed by atoms with van der Waals surface area (Å²) < 4.78 is 14.1. The van der Waals surface area contributed by atoms with Crippen LogP contribution in [0.1, 0.15) is 17.2 Å². The first-order valence-electron chi connectivity index (χ1n) is 8.07. The van der Waals surface area contributed by atoms with Gasteiger partial charge in [0.1, 0.15) is 18.5 Å². The highest BCUT2D eigenvalue weighted by atomic mass is 35.6. The standard InChI is InChI=1S/C17H18Cl3NO5/c1-24-13-4-2-3-10(15(13)14-8-25-14)5-11-6-21(7-12(11)22)16(23)26-9-17(18,19)20/h2-4,11,14H,5-9H2,1H3/t11-,14+/m1/s1. The van der Waals surface area contributed by atoms with Gasteiger partial charge in [0.2, 0.25) is 3.79 Å². The molecule has 0 aliphatic carbocycles. The second-order valence-corrected chi connectivity index (χ2v) is 8.79. The number of alkyl halides is 3. The van der Waals surface area contributed by atoms with Crippen LogP contribution in [0.5, 0.6) is 5.75 Å². The average Bonchev–Trinajstić information content (AvgIpc) is 3.35. The van der Waals surface area contributed by atoms with Crippen molar-refractivity contribution in [2.24, 2.45) is 5.92 Å². The monoisotopic (exact) mass is 421 g/mol. The summed E-state index contributed by atoms with van der Waals surface area (Å²) in [6, 6.07) is 5.71. The average molecular weight is 423 g/mol. The van der Waals surface area contributed by atoms with E-state index in [9.17, 15) is 9.59 Å². The van der Waals surface area contributed by atoms with Crippen molar-refractivity contribution in [1.29, 1.82) is 0 Å². The van der Waals surface area contributed by atoms with Crippen molar-refractivity contribution in [3.63, 3.8) is 0 Å². The zero-order valence-electron chi connectivity index (χ0n) is 14.0. The number of carbonyl (C=O) groups excluding carboxylic acids is 2. The van der Waals surface area contributed by atoms with Gasteiger partial charge in [-0.25, -0.2) is 4.79 Å². The lowest BCUT2D eigenvalue weighted by Crippen LogP contribution is -2.32. The summed E-state index contributed by atoms with van der Waals surface area (Å²) in [5.74, 6) is 0.399. The van der Waals surface area contributed by atoms with Gasteiger partial charge >= 0.3 is 6.09 Å². The van der Waals surface area contributed by atoms with Crippen molar-refractivity contribution >= 4 is 46.7 Å². The number of Topliss-reactive ketones (excluding diaryl/α,β-unsaturated/α-hetero) is 1. The molecule has 2 atom stereocenters. The smallest absolute Gasteiger partial charge is 0.410 e. The van der Waals surface area contributed by atoms with Gasteiger partial charge < -0.3 is 19.1 Å². The molecule has 0 radical (unpaired) electrons. The molecule has 2 heterocycles. The minimum atomic E-state index is -1.68. The third kappa shape index (κ3) is 4.74. The van der Waals surface area contributed by atoms with Gasteiger partial charge in [0, 0.05) is 18.0 Å². The van der Waals surface area contributed by atoms with Crippen LogP contribution in [0, 0.1) is 5.92 Å². The predicted molar refractivity (Wildman–Crippen MR) is 97.1 cm³/mol. The molecular formula is C17H18Cl3NO5. The number of epoxide rings is 1. The van der Waals surface area contributed by atoms with Crippen molar-refractivity contribution in [2.45, 2.75) is 16.3 Å². The molecule has 0 N–H and O–H groups in total. The Morgan fingerprint density at radius 3 is 2.73 bits per heavy atom. The topological polar surface area (TPSA) is 68.4 Å². The van der Waals surface area contributed by atoms with E-state index in [-0.39, 0.29) is 37.5 Å². The van der Waals surface area contributed by atoms with E-state index in [0.29, 0.717) is 13.0 Å². The van der Waals surface area contributed by atoms with Gasteiger partial charge in [0.15, 0.2) is 5.78 Å². The molecule has 0 bridgehead atoms. The van der Waals surface area contributed by atoms with Gasteiger partial charge in [0.05, 0.1) is 20.3 Å². The van der Waals surface area contributed by atoms with E-state index in [4.69, 9.17) is 49.0 Å². The lowest BCUT2D eigenvalue weighted by Gasteiger charge is -2.18. The Kier molecular flexibility index (Phi) is 5.87. The quantitative estimate of drug-likeness (QED) is 0.538. The molecule has 3 rings (SSSR count).